The number of aliphatic carboxylic acids is 1. The van der Waals surface area contributed by atoms with Crippen LogP contribution in [0.4, 0.5) is 0 Å². The summed E-state index contributed by atoms with van der Waals surface area (Å²) in [6.07, 6.45) is -0.589. The van der Waals surface area contributed by atoms with E-state index in [0.29, 0.717) is 10.6 Å². The molecule has 0 saturated carbocycles. The Labute approximate surface area is 98.9 Å². The molecule has 0 aromatic heterocycles. The molecule has 4 nitrogen and oxygen atoms in total. The minimum atomic E-state index is -0.983. The third-order valence-corrected chi connectivity index (χ3v) is 2.32. The second-order valence-electron chi connectivity index (χ2n) is 3.58. The summed E-state index contributed by atoms with van der Waals surface area (Å²) >= 11 is 5.72. The van der Waals surface area contributed by atoms with Crippen molar-refractivity contribution in [1.82, 2.24) is 5.32 Å². The molecule has 2 unspecified atom stereocenters. The third kappa shape index (κ3) is 3.81. The summed E-state index contributed by atoms with van der Waals surface area (Å²) in [6.45, 7) is 1.81. The van der Waals surface area contributed by atoms with Gasteiger partial charge < -0.3 is 10.2 Å². The van der Waals surface area contributed by atoms with Gasteiger partial charge in [-0.05, 0) is 24.6 Å². The molecule has 0 bridgehead atoms. The van der Waals surface area contributed by atoms with Crippen molar-refractivity contribution in [2.24, 2.45) is 0 Å². The van der Waals surface area contributed by atoms with E-state index in [-0.39, 0.29) is 6.54 Å². The van der Waals surface area contributed by atoms with Gasteiger partial charge in [-0.15, -0.1) is 0 Å². The summed E-state index contributed by atoms with van der Waals surface area (Å²) in [5.74, 6) is -0.983. The van der Waals surface area contributed by atoms with Gasteiger partial charge in [-0.2, -0.15) is 0 Å². The highest BCUT2D eigenvalue weighted by Gasteiger charge is 2.19. The molecule has 1 rings (SSSR count). The van der Waals surface area contributed by atoms with Crippen LogP contribution in [0.3, 0.4) is 0 Å². The zero-order chi connectivity index (χ0) is 12.1. The standard InChI is InChI=1S/C11H14ClNO3/c1-7(14)6-13-10(11(15)16)8-2-4-9(12)5-3-8/h2-5,7,10,13-14H,6H2,1H3,(H,15,16). The number of aliphatic hydroxyl groups excluding tert-OH is 1. The lowest BCUT2D eigenvalue weighted by Crippen LogP contribution is -2.33. The van der Waals surface area contributed by atoms with E-state index in [9.17, 15) is 4.79 Å². The van der Waals surface area contributed by atoms with E-state index >= 15 is 0 Å². The number of hydrogen-bond donors (Lipinski definition) is 3. The number of nitrogens with one attached hydrogen (secondary N) is 1. The third-order valence-electron chi connectivity index (χ3n) is 2.07. The smallest absolute Gasteiger partial charge is 0.325 e. The maximum atomic E-state index is 11.0. The quantitative estimate of drug-likeness (QED) is 0.732. The molecule has 16 heavy (non-hydrogen) atoms. The van der Waals surface area contributed by atoms with Crippen LogP contribution in [0.25, 0.3) is 0 Å². The van der Waals surface area contributed by atoms with Crippen LogP contribution in [-0.4, -0.2) is 28.8 Å². The molecule has 0 heterocycles. The van der Waals surface area contributed by atoms with E-state index in [1.54, 1.807) is 31.2 Å². The highest BCUT2D eigenvalue weighted by Crippen LogP contribution is 2.16. The van der Waals surface area contributed by atoms with Gasteiger partial charge in [-0.25, -0.2) is 0 Å². The van der Waals surface area contributed by atoms with Crippen LogP contribution < -0.4 is 5.32 Å². The summed E-state index contributed by atoms with van der Waals surface area (Å²) in [5.41, 5.74) is 0.609. The van der Waals surface area contributed by atoms with Crippen LogP contribution in [-0.2, 0) is 4.79 Å². The van der Waals surface area contributed by atoms with Crippen molar-refractivity contribution in [1.29, 1.82) is 0 Å². The minimum absolute atomic E-state index is 0.222. The first-order valence-electron chi connectivity index (χ1n) is 4.90. The normalized spacial score (nSPS) is 14.4. The molecular formula is C11H14ClNO3. The molecule has 0 spiro atoms. The van der Waals surface area contributed by atoms with E-state index in [2.05, 4.69) is 5.32 Å². The predicted molar refractivity (Wildman–Crippen MR) is 61.5 cm³/mol. The molecule has 88 valence electrons. The second kappa shape index (κ2) is 5.84. The highest BCUT2D eigenvalue weighted by atomic mass is 35.5. The number of aliphatic hydroxyl groups is 1. The summed E-state index contributed by atoms with van der Waals surface area (Å²) < 4.78 is 0. The van der Waals surface area contributed by atoms with Gasteiger partial charge >= 0.3 is 5.97 Å². The summed E-state index contributed by atoms with van der Waals surface area (Å²) in [4.78, 5) is 11.0. The lowest BCUT2D eigenvalue weighted by Gasteiger charge is -2.15. The van der Waals surface area contributed by atoms with E-state index in [1.165, 1.54) is 0 Å². The molecule has 5 heteroatoms. The first kappa shape index (κ1) is 13.0. The van der Waals surface area contributed by atoms with Gasteiger partial charge in [-0.1, -0.05) is 23.7 Å². The fourth-order valence-electron chi connectivity index (χ4n) is 1.29. The maximum Gasteiger partial charge on any atom is 0.325 e. The van der Waals surface area contributed by atoms with Crippen LogP contribution >= 0.6 is 11.6 Å². The monoisotopic (exact) mass is 243 g/mol. The topological polar surface area (TPSA) is 69.6 Å². The fraction of sp³-hybridized carbons (Fsp3) is 0.364. The van der Waals surface area contributed by atoms with Crippen molar-refractivity contribution in [2.75, 3.05) is 6.54 Å². The largest absolute Gasteiger partial charge is 0.480 e. The Morgan fingerprint density at radius 2 is 2.00 bits per heavy atom. The molecule has 3 N–H and O–H groups in total. The Balaban J connectivity index is 2.77. The molecule has 2 atom stereocenters. The zero-order valence-electron chi connectivity index (χ0n) is 8.85. The number of hydrogen-bond acceptors (Lipinski definition) is 3. The van der Waals surface area contributed by atoms with Gasteiger partial charge in [-0.3, -0.25) is 10.1 Å². The summed E-state index contributed by atoms with van der Waals surface area (Å²) in [6, 6.07) is 5.74. The minimum Gasteiger partial charge on any atom is -0.480 e. The molecule has 0 aliphatic carbocycles. The second-order valence-corrected chi connectivity index (χ2v) is 4.02. The first-order chi connectivity index (χ1) is 7.50. The van der Waals surface area contributed by atoms with Crippen molar-refractivity contribution in [3.63, 3.8) is 0 Å². The molecule has 0 amide bonds. The zero-order valence-corrected chi connectivity index (χ0v) is 9.61. The van der Waals surface area contributed by atoms with Gasteiger partial charge in [0.1, 0.15) is 6.04 Å². The van der Waals surface area contributed by atoms with Crippen molar-refractivity contribution >= 4 is 17.6 Å². The Kier molecular flexibility index (Phi) is 4.73. The maximum absolute atomic E-state index is 11.0. The molecule has 0 fully saturated rings. The molecule has 0 aliphatic heterocycles. The summed E-state index contributed by atoms with van der Waals surface area (Å²) in [5, 5.41) is 21.4. The van der Waals surface area contributed by atoms with Gasteiger partial charge in [0.05, 0.1) is 6.10 Å². The molecule has 1 aromatic carbocycles. The van der Waals surface area contributed by atoms with Crippen LogP contribution in [0, 0.1) is 0 Å². The number of rotatable bonds is 5. The average molecular weight is 244 g/mol. The number of carboxylic acid groups (broad SMARTS) is 1. The van der Waals surface area contributed by atoms with Crippen LogP contribution in [0.1, 0.15) is 18.5 Å². The fourth-order valence-corrected chi connectivity index (χ4v) is 1.42. The van der Waals surface area contributed by atoms with Gasteiger partial charge in [0.15, 0.2) is 0 Å². The van der Waals surface area contributed by atoms with Crippen molar-refractivity contribution < 1.29 is 15.0 Å². The van der Waals surface area contributed by atoms with Crippen molar-refractivity contribution in [3.05, 3.63) is 34.9 Å². The van der Waals surface area contributed by atoms with E-state index in [4.69, 9.17) is 21.8 Å². The SMILES string of the molecule is CC(O)CNC(C(=O)O)c1ccc(Cl)cc1. The van der Waals surface area contributed by atoms with Crippen molar-refractivity contribution in [3.8, 4) is 0 Å². The highest BCUT2D eigenvalue weighted by molar-refractivity contribution is 6.30. The number of benzene rings is 1. The molecule has 0 radical (unpaired) electrons. The molecule has 0 aliphatic rings. The van der Waals surface area contributed by atoms with E-state index in [0.717, 1.165) is 0 Å². The van der Waals surface area contributed by atoms with E-state index < -0.39 is 18.1 Å². The number of carbonyl (C=O) groups is 1. The number of halogens is 1. The van der Waals surface area contributed by atoms with Crippen LogP contribution in [0.2, 0.25) is 5.02 Å². The molecule has 1 aromatic rings. The Hall–Kier alpha value is -1.10. The molecular weight excluding hydrogens is 230 g/mol. The van der Waals surface area contributed by atoms with Crippen molar-refractivity contribution in [2.45, 2.75) is 19.1 Å². The predicted octanol–water partition coefficient (Wildman–Crippen LogP) is 1.44. The van der Waals surface area contributed by atoms with Gasteiger partial charge in [0.2, 0.25) is 0 Å². The van der Waals surface area contributed by atoms with Gasteiger partial charge in [0, 0.05) is 11.6 Å². The Morgan fingerprint density at radius 3 is 2.44 bits per heavy atom. The first-order valence-corrected chi connectivity index (χ1v) is 5.28. The molecule has 0 saturated heterocycles. The number of carboxylic acids is 1. The van der Waals surface area contributed by atoms with E-state index in [1.807, 2.05) is 0 Å². The lowest BCUT2D eigenvalue weighted by atomic mass is 10.1. The summed E-state index contributed by atoms with van der Waals surface area (Å²) in [7, 11) is 0. The average Bonchev–Trinajstić information content (AvgIpc) is 2.20. The lowest BCUT2D eigenvalue weighted by molar-refractivity contribution is -0.139. The van der Waals surface area contributed by atoms with Gasteiger partial charge in [0.25, 0.3) is 0 Å². The Bertz CT molecular complexity index is 351. The van der Waals surface area contributed by atoms with Crippen LogP contribution in [0.5, 0.6) is 0 Å². The van der Waals surface area contributed by atoms with Crippen LogP contribution in [0.15, 0.2) is 24.3 Å². The Morgan fingerprint density at radius 1 is 1.44 bits per heavy atom.